The molecule has 0 fully saturated rings. The van der Waals surface area contributed by atoms with Gasteiger partial charge in [0.1, 0.15) is 0 Å². The van der Waals surface area contributed by atoms with E-state index in [-0.39, 0.29) is 17.0 Å². The molecule has 0 spiro atoms. The average Bonchev–Trinajstić information content (AvgIpc) is 2.15. The lowest BCUT2D eigenvalue weighted by atomic mass is 10.1. The van der Waals surface area contributed by atoms with E-state index in [1.54, 1.807) is 6.92 Å². The number of carbonyl (C=O) groups is 1. The summed E-state index contributed by atoms with van der Waals surface area (Å²) < 4.78 is 25.7. The minimum atomic E-state index is -0.964. The minimum Gasteiger partial charge on any atom is -0.352 e. The van der Waals surface area contributed by atoms with Crippen molar-refractivity contribution >= 4 is 5.91 Å². The van der Waals surface area contributed by atoms with Crippen LogP contribution in [-0.2, 0) is 0 Å². The first-order chi connectivity index (χ1) is 6.57. The highest BCUT2D eigenvalue weighted by Gasteiger charge is 2.14. The lowest BCUT2D eigenvalue weighted by Gasteiger charge is -2.06. The summed E-state index contributed by atoms with van der Waals surface area (Å²) in [6.45, 7) is 3.59. The number of carbonyl (C=O) groups excluding carboxylic acids is 1. The molecule has 0 saturated heterocycles. The molecule has 1 aromatic carbocycles. The summed E-state index contributed by atoms with van der Waals surface area (Å²) in [5, 5.41) is 2.52. The fourth-order valence-electron chi connectivity index (χ4n) is 1.15. The van der Waals surface area contributed by atoms with Crippen molar-refractivity contribution in [3.8, 4) is 0 Å². The molecular weight excluding hydrogens is 188 g/mol. The third kappa shape index (κ3) is 1.89. The van der Waals surface area contributed by atoms with Gasteiger partial charge in [-0.2, -0.15) is 0 Å². The van der Waals surface area contributed by atoms with Gasteiger partial charge < -0.3 is 5.32 Å². The van der Waals surface area contributed by atoms with Gasteiger partial charge in [-0.3, -0.25) is 4.79 Å². The summed E-state index contributed by atoms with van der Waals surface area (Å²) in [5.74, 6) is -2.28. The Morgan fingerprint density at radius 1 is 1.43 bits per heavy atom. The fourth-order valence-corrected chi connectivity index (χ4v) is 1.15. The molecule has 0 bridgehead atoms. The van der Waals surface area contributed by atoms with E-state index in [1.165, 1.54) is 13.0 Å². The monoisotopic (exact) mass is 199 g/mol. The Hall–Kier alpha value is -1.45. The zero-order valence-corrected chi connectivity index (χ0v) is 8.03. The quantitative estimate of drug-likeness (QED) is 0.775. The Bertz CT molecular complexity index is 363. The molecule has 1 rings (SSSR count). The van der Waals surface area contributed by atoms with Gasteiger partial charge in [0.2, 0.25) is 0 Å². The second-order valence-electron chi connectivity index (χ2n) is 2.89. The van der Waals surface area contributed by atoms with Gasteiger partial charge in [-0.15, -0.1) is 0 Å². The smallest absolute Gasteiger partial charge is 0.251 e. The molecule has 0 radical (unpaired) electrons. The van der Waals surface area contributed by atoms with Crippen molar-refractivity contribution < 1.29 is 13.6 Å². The third-order valence-electron chi connectivity index (χ3n) is 1.92. The molecule has 14 heavy (non-hydrogen) atoms. The van der Waals surface area contributed by atoms with E-state index in [1.807, 2.05) is 0 Å². The van der Waals surface area contributed by atoms with Crippen molar-refractivity contribution in [2.45, 2.75) is 13.8 Å². The van der Waals surface area contributed by atoms with Crippen LogP contribution in [0, 0.1) is 18.6 Å². The standard InChI is InChI=1S/C10H11F2NO/c1-3-13-10(14)7-4-5-8(11)9(12)6(7)2/h4-5H,3H2,1-2H3,(H,13,14). The van der Waals surface area contributed by atoms with Crippen LogP contribution in [0.4, 0.5) is 8.78 Å². The zero-order chi connectivity index (χ0) is 10.7. The van der Waals surface area contributed by atoms with Crippen LogP contribution < -0.4 is 5.32 Å². The summed E-state index contributed by atoms with van der Waals surface area (Å²) in [6.07, 6.45) is 0. The van der Waals surface area contributed by atoms with Gasteiger partial charge in [-0.25, -0.2) is 8.78 Å². The van der Waals surface area contributed by atoms with Crippen LogP contribution in [0.5, 0.6) is 0 Å². The molecule has 1 aromatic rings. The molecule has 0 aromatic heterocycles. The van der Waals surface area contributed by atoms with E-state index in [0.29, 0.717) is 6.54 Å². The van der Waals surface area contributed by atoms with Gasteiger partial charge in [0, 0.05) is 17.7 Å². The van der Waals surface area contributed by atoms with Crippen LogP contribution in [0.1, 0.15) is 22.8 Å². The van der Waals surface area contributed by atoms with E-state index < -0.39 is 11.6 Å². The topological polar surface area (TPSA) is 29.1 Å². The molecule has 2 nitrogen and oxygen atoms in total. The van der Waals surface area contributed by atoms with Crippen molar-refractivity contribution in [2.75, 3.05) is 6.54 Å². The molecule has 0 aliphatic carbocycles. The number of amides is 1. The zero-order valence-electron chi connectivity index (χ0n) is 8.03. The van der Waals surface area contributed by atoms with Gasteiger partial charge in [-0.05, 0) is 26.0 Å². The van der Waals surface area contributed by atoms with Crippen LogP contribution in [0.3, 0.4) is 0 Å². The maximum atomic E-state index is 13.0. The number of halogens is 2. The summed E-state index contributed by atoms with van der Waals surface area (Å²) in [4.78, 5) is 11.3. The summed E-state index contributed by atoms with van der Waals surface area (Å²) >= 11 is 0. The van der Waals surface area contributed by atoms with Crippen LogP contribution in [0.2, 0.25) is 0 Å². The second kappa shape index (κ2) is 4.17. The number of hydrogen-bond donors (Lipinski definition) is 1. The van der Waals surface area contributed by atoms with E-state index in [4.69, 9.17) is 0 Å². The number of hydrogen-bond acceptors (Lipinski definition) is 1. The van der Waals surface area contributed by atoms with Crippen molar-refractivity contribution in [3.05, 3.63) is 34.9 Å². The SMILES string of the molecule is CCNC(=O)c1ccc(F)c(F)c1C. The largest absolute Gasteiger partial charge is 0.352 e. The maximum absolute atomic E-state index is 13.0. The third-order valence-corrected chi connectivity index (χ3v) is 1.92. The molecule has 0 saturated carbocycles. The molecule has 0 atom stereocenters. The van der Waals surface area contributed by atoms with Crippen LogP contribution in [0.15, 0.2) is 12.1 Å². The molecule has 0 aliphatic rings. The number of rotatable bonds is 2. The first kappa shape index (κ1) is 10.6. The molecule has 1 amide bonds. The normalized spacial score (nSPS) is 10.0. The van der Waals surface area contributed by atoms with Crippen LogP contribution in [0.25, 0.3) is 0 Å². The van der Waals surface area contributed by atoms with Crippen molar-refractivity contribution in [1.82, 2.24) is 5.32 Å². The Kier molecular flexibility index (Phi) is 3.17. The van der Waals surface area contributed by atoms with Crippen molar-refractivity contribution in [1.29, 1.82) is 0 Å². The average molecular weight is 199 g/mol. The van der Waals surface area contributed by atoms with Crippen molar-refractivity contribution in [2.24, 2.45) is 0 Å². The predicted molar refractivity (Wildman–Crippen MR) is 49.1 cm³/mol. The first-order valence-electron chi connectivity index (χ1n) is 4.30. The molecule has 0 aliphatic heterocycles. The number of benzene rings is 1. The highest BCUT2D eigenvalue weighted by Crippen LogP contribution is 2.15. The van der Waals surface area contributed by atoms with E-state index in [9.17, 15) is 13.6 Å². The molecular formula is C10H11F2NO. The van der Waals surface area contributed by atoms with E-state index in [0.717, 1.165) is 6.07 Å². The van der Waals surface area contributed by atoms with Crippen LogP contribution >= 0.6 is 0 Å². The molecule has 0 unspecified atom stereocenters. The minimum absolute atomic E-state index is 0.0379. The van der Waals surface area contributed by atoms with Crippen LogP contribution in [-0.4, -0.2) is 12.5 Å². The summed E-state index contributed by atoms with van der Waals surface area (Å²) in [6, 6.07) is 2.23. The molecule has 4 heteroatoms. The summed E-state index contributed by atoms with van der Waals surface area (Å²) in [5.41, 5.74) is 0.210. The fraction of sp³-hybridized carbons (Fsp3) is 0.300. The van der Waals surface area contributed by atoms with E-state index in [2.05, 4.69) is 5.32 Å². The molecule has 0 heterocycles. The van der Waals surface area contributed by atoms with Gasteiger partial charge in [0.25, 0.3) is 5.91 Å². The highest BCUT2D eigenvalue weighted by atomic mass is 19.2. The molecule has 76 valence electrons. The first-order valence-corrected chi connectivity index (χ1v) is 4.30. The van der Waals surface area contributed by atoms with Crippen molar-refractivity contribution in [3.63, 3.8) is 0 Å². The molecule has 1 N–H and O–H groups in total. The van der Waals surface area contributed by atoms with Gasteiger partial charge in [0.15, 0.2) is 11.6 Å². The maximum Gasteiger partial charge on any atom is 0.251 e. The summed E-state index contributed by atoms with van der Waals surface area (Å²) in [7, 11) is 0. The van der Waals surface area contributed by atoms with Gasteiger partial charge in [0.05, 0.1) is 0 Å². The van der Waals surface area contributed by atoms with E-state index >= 15 is 0 Å². The van der Waals surface area contributed by atoms with Gasteiger partial charge in [-0.1, -0.05) is 0 Å². The van der Waals surface area contributed by atoms with Gasteiger partial charge >= 0.3 is 0 Å². The highest BCUT2D eigenvalue weighted by molar-refractivity contribution is 5.95. The lowest BCUT2D eigenvalue weighted by molar-refractivity contribution is 0.0954. The second-order valence-corrected chi connectivity index (χ2v) is 2.89. The Balaban J connectivity index is 3.11. The predicted octanol–water partition coefficient (Wildman–Crippen LogP) is 2.02. The lowest BCUT2D eigenvalue weighted by Crippen LogP contribution is -2.24. The Morgan fingerprint density at radius 2 is 2.07 bits per heavy atom. The Labute approximate surface area is 80.9 Å². The Morgan fingerprint density at radius 3 is 2.64 bits per heavy atom. The number of nitrogens with one attached hydrogen (secondary N) is 1.